The first-order valence-electron chi connectivity index (χ1n) is 8.89. The van der Waals surface area contributed by atoms with Crippen molar-refractivity contribution in [1.82, 2.24) is 29.6 Å². The minimum absolute atomic E-state index is 0.278. The van der Waals surface area contributed by atoms with Gasteiger partial charge < -0.3 is 4.52 Å². The Bertz CT molecular complexity index is 837. The second kappa shape index (κ2) is 6.07. The number of likely N-dealkylation sites (tertiary alicyclic amines) is 1. The molecule has 0 bridgehead atoms. The summed E-state index contributed by atoms with van der Waals surface area (Å²) in [5.41, 5.74) is 0.866. The van der Waals surface area contributed by atoms with E-state index in [1.807, 2.05) is 22.9 Å². The van der Waals surface area contributed by atoms with Crippen LogP contribution >= 0.6 is 0 Å². The molecular formula is C18H20N6O. The summed E-state index contributed by atoms with van der Waals surface area (Å²) in [6.45, 7) is 2.31. The molecule has 1 aliphatic heterocycles. The molecule has 0 spiro atoms. The van der Waals surface area contributed by atoms with E-state index in [-0.39, 0.29) is 6.04 Å². The van der Waals surface area contributed by atoms with Crippen molar-refractivity contribution >= 4 is 0 Å². The second-order valence-corrected chi connectivity index (χ2v) is 6.93. The van der Waals surface area contributed by atoms with Crippen LogP contribution in [0.2, 0.25) is 0 Å². The van der Waals surface area contributed by atoms with E-state index < -0.39 is 0 Å². The third-order valence-electron chi connectivity index (χ3n) is 5.06. The van der Waals surface area contributed by atoms with E-state index in [2.05, 4.69) is 25.0 Å². The maximum Gasteiger partial charge on any atom is 0.244 e. The second-order valence-electron chi connectivity index (χ2n) is 6.93. The third-order valence-corrected chi connectivity index (χ3v) is 5.06. The molecule has 4 heterocycles. The van der Waals surface area contributed by atoms with Crippen LogP contribution in [0.1, 0.15) is 37.6 Å². The zero-order valence-electron chi connectivity index (χ0n) is 14.0. The number of imidazole rings is 1. The zero-order chi connectivity index (χ0) is 16.6. The van der Waals surface area contributed by atoms with Gasteiger partial charge in [0.15, 0.2) is 0 Å². The van der Waals surface area contributed by atoms with Gasteiger partial charge in [-0.05, 0) is 50.3 Å². The summed E-state index contributed by atoms with van der Waals surface area (Å²) < 4.78 is 7.45. The lowest BCUT2D eigenvalue weighted by Crippen LogP contribution is -2.25. The fourth-order valence-electron chi connectivity index (χ4n) is 3.51. The van der Waals surface area contributed by atoms with Crippen LogP contribution in [0.4, 0.5) is 0 Å². The molecule has 7 nitrogen and oxygen atoms in total. The summed E-state index contributed by atoms with van der Waals surface area (Å²) in [4.78, 5) is 15.7. The molecule has 25 heavy (non-hydrogen) atoms. The highest BCUT2D eigenvalue weighted by atomic mass is 16.5. The molecule has 1 saturated carbocycles. The molecule has 1 aliphatic carbocycles. The van der Waals surface area contributed by atoms with Crippen LogP contribution in [0, 0.1) is 5.92 Å². The lowest BCUT2D eigenvalue weighted by atomic mass is 10.2. The van der Waals surface area contributed by atoms with Gasteiger partial charge in [-0.2, -0.15) is 4.98 Å². The molecule has 7 heteroatoms. The van der Waals surface area contributed by atoms with Crippen LogP contribution in [-0.2, 0) is 0 Å². The molecule has 1 saturated heterocycles. The van der Waals surface area contributed by atoms with Crippen molar-refractivity contribution in [2.24, 2.45) is 5.92 Å². The van der Waals surface area contributed by atoms with Crippen molar-refractivity contribution in [3.8, 4) is 17.2 Å². The Morgan fingerprint density at radius 1 is 1.20 bits per heavy atom. The maximum atomic E-state index is 5.59. The molecule has 3 aromatic heterocycles. The van der Waals surface area contributed by atoms with E-state index in [1.54, 1.807) is 18.7 Å². The van der Waals surface area contributed by atoms with Crippen LogP contribution in [0.15, 0.2) is 41.6 Å². The minimum Gasteiger partial charge on any atom is -0.337 e. The molecular weight excluding hydrogens is 316 g/mol. The van der Waals surface area contributed by atoms with Crippen LogP contribution in [0.3, 0.4) is 0 Å². The largest absolute Gasteiger partial charge is 0.337 e. The van der Waals surface area contributed by atoms with E-state index in [0.29, 0.717) is 5.82 Å². The zero-order valence-corrected chi connectivity index (χ0v) is 14.0. The highest BCUT2D eigenvalue weighted by molar-refractivity contribution is 5.53. The van der Waals surface area contributed by atoms with E-state index >= 15 is 0 Å². The lowest BCUT2D eigenvalue weighted by Gasteiger charge is -2.20. The summed E-state index contributed by atoms with van der Waals surface area (Å²) in [6.07, 6.45) is 12.1. The topological polar surface area (TPSA) is 72.9 Å². The highest BCUT2D eigenvalue weighted by Crippen LogP contribution is 2.37. The molecule has 128 valence electrons. The normalized spacial score (nSPS) is 21.0. The van der Waals surface area contributed by atoms with Gasteiger partial charge in [-0.25, -0.2) is 9.97 Å². The Morgan fingerprint density at radius 3 is 2.92 bits per heavy atom. The van der Waals surface area contributed by atoms with Crippen molar-refractivity contribution in [3.05, 3.63) is 42.9 Å². The van der Waals surface area contributed by atoms with Gasteiger partial charge in [0.05, 0.1) is 6.04 Å². The van der Waals surface area contributed by atoms with Gasteiger partial charge in [0, 0.05) is 30.7 Å². The number of hydrogen-bond donors (Lipinski definition) is 0. The van der Waals surface area contributed by atoms with Crippen molar-refractivity contribution in [2.75, 3.05) is 13.1 Å². The predicted molar refractivity (Wildman–Crippen MR) is 90.9 cm³/mol. The molecule has 0 N–H and O–H groups in total. The Morgan fingerprint density at radius 2 is 2.16 bits per heavy atom. The third kappa shape index (κ3) is 2.95. The Hall–Kier alpha value is -2.54. The molecule has 0 aromatic carbocycles. The average molecular weight is 336 g/mol. The van der Waals surface area contributed by atoms with Crippen LogP contribution in [0.5, 0.6) is 0 Å². The van der Waals surface area contributed by atoms with E-state index in [0.717, 1.165) is 36.2 Å². The first kappa shape index (κ1) is 14.8. The van der Waals surface area contributed by atoms with Gasteiger partial charge in [-0.3, -0.25) is 9.47 Å². The Kier molecular flexibility index (Phi) is 3.59. The van der Waals surface area contributed by atoms with Crippen molar-refractivity contribution in [3.63, 3.8) is 0 Å². The van der Waals surface area contributed by atoms with Gasteiger partial charge in [0.1, 0.15) is 12.1 Å². The Labute approximate surface area is 145 Å². The summed E-state index contributed by atoms with van der Waals surface area (Å²) >= 11 is 0. The number of pyridine rings is 1. The van der Waals surface area contributed by atoms with Gasteiger partial charge in [0.2, 0.25) is 11.7 Å². The van der Waals surface area contributed by atoms with Crippen LogP contribution < -0.4 is 0 Å². The SMILES string of the molecule is c1cn(-c2ccc(-c3noc([C@@H]4CCCN4CC4CC4)n3)cn2)cn1. The van der Waals surface area contributed by atoms with E-state index in [1.165, 1.54) is 25.8 Å². The van der Waals surface area contributed by atoms with Crippen molar-refractivity contribution in [1.29, 1.82) is 0 Å². The maximum absolute atomic E-state index is 5.59. The summed E-state index contributed by atoms with van der Waals surface area (Å²) in [5, 5.41) is 4.18. The van der Waals surface area contributed by atoms with Crippen LogP contribution in [0.25, 0.3) is 17.2 Å². The van der Waals surface area contributed by atoms with Crippen molar-refractivity contribution < 1.29 is 4.52 Å². The summed E-state index contributed by atoms with van der Waals surface area (Å²) in [5.74, 6) is 3.05. The van der Waals surface area contributed by atoms with Gasteiger partial charge in [-0.1, -0.05) is 5.16 Å². The van der Waals surface area contributed by atoms with E-state index in [4.69, 9.17) is 4.52 Å². The minimum atomic E-state index is 0.278. The molecule has 2 aliphatic rings. The summed E-state index contributed by atoms with van der Waals surface area (Å²) in [6, 6.07) is 4.18. The quantitative estimate of drug-likeness (QED) is 0.713. The summed E-state index contributed by atoms with van der Waals surface area (Å²) in [7, 11) is 0. The number of rotatable bonds is 5. The fourth-order valence-corrected chi connectivity index (χ4v) is 3.51. The molecule has 3 aromatic rings. The molecule has 0 radical (unpaired) electrons. The van der Waals surface area contributed by atoms with Crippen LogP contribution in [-0.4, -0.2) is 42.7 Å². The average Bonchev–Trinajstić information content (AvgIpc) is 3.08. The molecule has 2 fully saturated rings. The first-order valence-corrected chi connectivity index (χ1v) is 8.89. The molecule has 0 amide bonds. The molecule has 0 unspecified atom stereocenters. The fraction of sp³-hybridized carbons (Fsp3) is 0.444. The first-order chi connectivity index (χ1) is 12.4. The standard InChI is InChI=1S/C18H20N6O/c1-2-15(23(8-1)11-13-3-4-13)18-21-17(22-25-18)14-5-6-16(20-10-14)24-9-7-19-12-24/h5-7,9-10,12-13,15H,1-4,8,11H2/t15-/m0/s1. The number of nitrogens with zero attached hydrogens (tertiary/aromatic N) is 6. The van der Waals surface area contributed by atoms with Crippen molar-refractivity contribution in [2.45, 2.75) is 31.7 Å². The Balaban J connectivity index is 1.35. The number of hydrogen-bond acceptors (Lipinski definition) is 6. The number of aromatic nitrogens is 5. The van der Waals surface area contributed by atoms with Gasteiger partial charge >= 0.3 is 0 Å². The monoisotopic (exact) mass is 336 g/mol. The van der Waals surface area contributed by atoms with E-state index in [9.17, 15) is 0 Å². The highest BCUT2D eigenvalue weighted by Gasteiger charge is 2.34. The molecule has 5 rings (SSSR count). The molecule has 1 atom stereocenters. The van der Waals surface area contributed by atoms with Gasteiger partial charge in [-0.15, -0.1) is 0 Å². The predicted octanol–water partition coefficient (Wildman–Crippen LogP) is 2.86. The lowest BCUT2D eigenvalue weighted by molar-refractivity contribution is 0.201. The smallest absolute Gasteiger partial charge is 0.244 e. The van der Waals surface area contributed by atoms with Gasteiger partial charge in [0.25, 0.3) is 0 Å².